The summed E-state index contributed by atoms with van der Waals surface area (Å²) in [5.74, 6) is -2.19. The number of benzene rings is 1. The van der Waals surface area contributed by atoms with Gasteiger partial charge < -0.3 is 15.7 Å². The Morgan fingerprint density at radius 1 is 1.15 bits per heavy atom. The number of rotatable bonds is 6. The maximum Gasteiger partial charge on any atom is 0.325 e. The second kappa shape index (κ2) is 8.84. The normalized spacial score (nSPS) is 14.0. The number of fused-ring (bicyclic) bond motifs is 1. The Morgan fingerprint density at radius 2 is 1.82 bits per heavy atom. The lowest BCUT2D eigenvalue weighted by molar-refractivity contribution is -0.138. The van der Waals surface area contributed by atoms with Crippen molar-refractivity contribution in [1.82, 2.24) is 14.9 Å². The van der Waals surface area contributed by atoms with Crippen molar-refractivity contribution in [2.75, 3.05) is 5.32 Å². The smallest absolute Gasteiger partial charge is 0.325 e. The molecule has 0 spiro atoms. The van der Waals surface area contributed by atoms with Crippen molar-refractivity contribution >= 4 is 63.6 Å². The lowest BCUT2D eigenvalue weighted by Crippen LogP contribution is -2.38. The molecular formula is C22H18Cl2N4O5. The summed E-state index contributed by atoms with van der Waals surface area (Å²) in [6.45, 7) is 1.31. The third-order valence-corrected chi connectivity index (χ3v) is 5.86. The molecule has 1 aromatic carbocycles. The van der Waals surface area contributed by atoms with Gasteiger partial charge in [-0.15, -0.1) is 0 Å². The molecule has 1 aliphatic carbocycles. The Kier molecular flexibility index (Phi) is 6.09. The molecule has 0 bridgehead atoms. The number of carboxylic acid groups (broad SMARTS) is 1. The van der Waals surface area contributed by atoms with Gasteiger partial charge in [0.05, 0.1) is 21.1 Å². The Hall–Kier alpha value is -3.43. The van der Waals surface area contributed by atoms with Crippen LogP contribution < -0.4 is 10.6 Å². The third kappa shape index (κ3) is 4.55. The third-order valence-electron chi connectivity index (χ3n) is 5.26. The molecular weight excluding hydrogens is 471 g/mol. The van der Waals surface area contributed by atoms with Crippen LogP contribution in [-0.4, -0.2) is 44.4 Å². The number of anilines is 1. The summed E-state index contributed by atoms with van der Waals surface area (Å²) in [5.41, 5.74) is 0.477. The van der Waals surface area contributed by atoms with Crippen LogP contribution in [0.4, 0.5) is 5.82 Å². The van der Waals surface area contributed by atoms with Gasteiger partial charge in [0.2, 0.25) is 5.91 Å². The molecule has 9 nitrogen and oxygen atoms in total. The number of amides is 2. The van der Waals surface area contributed by atoms with Gasteiger partial charge in [-0.1, -0.05) is 23.2 Å². The Bertz CT molecular complexity index is 1290. The monoisotopic (exact) mass is 488 g/mol. The van der Waals surface area contributed by atoms with Crippen molar-refractivity contribution in [3.63, 3.8) is 0 Å². The highest BCUT2D eigenvalue weighted by molar-refractivity contribution is 6.40. The molecule has 33 heavy (non-hydrogen) atoms. The van der Waals surface area contributed by atoms with Gasteiger partial charge in [-0.2, -0.15) is 0 Å². The molecule has 2 amide bonds. The van der Waals surface area contributed by atoms with Crippen molar-refractivity contribution in [2.45, 2.75) is 25.8 Å². The molecule has 4 rings (SSSR count). The van der Waals surface area contributed by atoms with Crippen LogP contribution >= 0.6 is 23.2 Å². The zero-order valence-corrected chi connectivity index (χ0v) is 18.8. The lowest BCUT2D eigenvalue weighted by atomic mass is 10.1. The molecule has 1 saturated carbocycles. The number of pyridine rings is 1. The van der Waals surface area contributed by atoms with Crippen LogP contribution in [0.3, 0.4) is 0 Å². The molecule has 3 N–H and O–H groups in total. The molecule has 0 radical (unpaired) electrons. The average molecular weight is 489 g/mol. The van der Waals surface area contributed by atoms with Gasteiger partial charge in [-0.25, -0.2) is 4.98 Å². The summed E-state index contributed by atoms with van der Waals surface area (Å²) in [5, 5.41) is 14.5. The predicted molar refractivity (Wildman–Crippen MR) is 122 cm³/mol. The zero-order chi connectivity index (χ0) is 23.9. The van der Waals surface area contributed by atoms with Crippen LogP contribution in [0.15, 0.2) is 36.7 Å². The number of aromatic nitrogens is 2. The van der Waals surface area contributed by atoms with E-state index >= 15 is 0 Å². The van der Waals surface area contributed by atoms with Crippen molar-refractivity contribution < 1.29 is 24.3 Å². The van der Waals surface area contributed by atoms with Crippen LogP contribution in [0.1, 0.15) is 40.5 Å². The minimum atomic E-state index is -1.20. The maximum absolute atomic E-state index is 13.3. The second-order valence-corrected chi connectivity index (χ2v) is 8.51. The zero-order valence-electron chi connectivity index (χ0n) is 17.3. The number of nitrogens with zero attached hydrogens (tertiary/aromatic N) is 2. The minimum absolute atomic E-state index is 0.00223. The van der Waals surface area contributed by atoms with Crippen molar-refractivity contribution in [2.24, 2.45) is 5.92 Å². The molecule has 2 heterocycles. The fourth-order valence-electron chi connectivity index (χ4n) is 3.28. The molecule has 11 heteroatoms. The first-order chi connectivity index (χ1) is 15.7. The van der Waals surface area contributed by atoms with E-state index in [1.165, 1.54) is 36.0 Å². The van der Waals surface area contributed by atoms with E-state index in [-0.39, 0.29) is 33.0 Å². The Morgan fingerprint density at radius 3 is 2.42 bits per heavy atom. The van der Waals surface area contributed by atoms with E-state index in [0.29, 0.717) is 16.7 Å². The van der Waals surface area contributed by atoms with Crippen LogP contribution in [-0.2, 0) is 9.59 Å². The minimum Gasteiger partial charge on any atom is -0.480 e. The van der Waals surface area contributed by atoms with Crippen LogP contribution in [0, 0.1) is 5.92 Å². The highest BCUT2D eigenvalue weighted by Crippen LogP contribution is 2.32. The number of carboxylic acids is 1. The van der Waals surface area contributed by atoms with E-state index in [2.05, 4.69) is 15.6 Å². The number of nitrogens with one attached hydrogen (secondary N) is 2. The SMILES string of the molecule is C[C@H](NC(=O)c1cc(Cl)c(C(=O)n2ccc3c(NC(=O)C4CC4)nccc32)c(Cl)c1)C(=O)O. The second-order valence-electron chi connectivity index (χ2n) is 7.70. The summed E-state index contributed by atoms with van der Waals surface area (Å²) in [7, 11) is 0. The van der Waals surface area contributed by atoms with E-state index in [1.807, 2.05) is 0 Å². The van der Waals surface area contributed by atoms with Gasteiger partial charge in [0, 0.05) is 29.3 Å². The first-order valence-electron chi connectivity index (χ1n) is 10.0. The van der Waals surface area contributed by atoms with Gasteiger partial charge in [-0.05, 0) is 44.0 Å². The van der Waals surface area contributed by atoms with E-state index < -0.39 is 23.8 Å². The van der Waals surface area contributed by atoms with E-state index in [0.717, 1.165) is 12.8 Å². The van der Waals surface area contributed by atoms with Crippen LogP contribution in [0.25, 0.3) is 10.9 Å². The van der Waals surface area contributed by atoms with Gasteiger partial charge >= 0.3 is 5.97 Å². The van der Waals surface area contributed by atoms with Gasteiger partial charge in [0.1, 0.15) is 11.9 Å². The summed E-state index contributed by atoms with van der Waals surface area (Å²) < 4.78 is 1.32. The molecule has 1 fully saturated rings. The highest BCUT2D eigenvalue weighted by atomic mass is 35.5. The average Bonchev–Trinajstić information content (AvgIpc) is 3.52. The molecule has 0 saturated heterocycles. The molecule has 0 aliphatic heterocycles. The van der Waals surface area contributed by atoms with E-state index in [9.17, 15) is 19.2 Å². The first-order valence-corrected chi connectivity index (χ1v) is 10.8. The quantitative estimate of drug-likeness (QED) is 0.485. The fourth-order valence-corrected chi connectivity index (χ4v) is 3.93. The summed E-state index contributed by atoms with van der Waals surface area (Å²) >= 11 is 12.6. The van der Waals surface area contributed by atoms with Crippen molar-refractivity contribution in [3.05, 3.63) is 57.8 Å². The largest absolute Gasteiger partial charge is 0.480 e. The standard InChI is InChI=1S/C22H18Cl2N4O5/c1-10(22(32)33)26-20(30)12-8-14(23)17(15(24)9-12)21(31)28-7-5-13-16(28)4-6-25-18(13)27-19(29)11-2-3-11/h4-11H,2-3H2,1H3,(H,26,30)(H,32,33)(H,25,27,29)/t10-/m0/s1. The predicted octanol–water partition coefficient (Wildman–Crippen LogP) is 3.58. The fraction of sp³-hybridized carbons (Fsp3) is 0.227. The van der Waals surface area contributed by atoms with E-state index in [1.54, 1.807) is 12.1 Å². The van der Waals surface area contributed by atoms with Crippen LogP contribution in [0.5, 0.6) is 0 Å². The molecule has 3 aromatic rings. The molecule has 2 aromatic heterocycles. The topological polar surface area (TPSA) is 130 Å². The summed E-state index contributed by atoms with van der Waals surface area (Å²) in [4.78, 5) is 52.9. The van der Waals surface area contributed by atoms with Crippen LogP contribution in [0.2, 0.25) is 10.0 Å². The lowest BCUT2D eigenvalue weighted by Gasteiger charge is -2.13. The van der Waals surface area contributed by atoms with Crippen molar-refractivity contribution in [1.29, 1.82) is 0 Å². The molecule has 0 unspecified atom stereocenters. The number of carbonyl (C=O) groups excluding carboxylic acids is 3. The first kappa shape index (κ1) is 22.8. The number of hydrogen-bond donors (Lipinski definition) is 3. The molecule has 170 valence electrons. The Labute approximate surface area is 197 Å². The highest BCUT2D eigenvalue weighted by Gasteiger charge is 2.30. The van der Waals surface area contributed by atoms with E-state index in [4.69, 9.17) is 28.3 Å². The summed E-state index contributed by atoms with van der Waals surface area (Å²) in [6, 6.07) is 4.65. The van der Waals surface area contributed by atoms with Gasteiger partial charge in [-0.3, -0.25) is 23.7 Å². The maximum atomic E-state index is 13.3. The molecule has 1 atom stereocenters. The number of carbonyl (C=O) groups is 4. The Balaban J connectivity index is 1.64. The van der Waals surface area contributed by atoms with Crippen molar-refractivity contribution in [3.8, 4) is 0 Å². The van der Waals surface area contributed by atoms with Gasteiger partial charge in [0.25, 0.3) is 11.8 Å². The number of halogens is 2. The molecule has 1 aliphatic rings. The van der Waals surface area contributed by atoms with Gasteiger partial charge in [0.15, 0.2) is 0 Å². The number of hydrogen-bond acceptors (Lipinski definition) is 5. The summed E-state index contributed by atoms with van der Waals surface area (Å²) in [6.07, 6.45) is 4.70. The number of aliphatic carboxylic acids is 1.